The van der Waals surface area contributed by atoms with Crippen LogP contribution in [0.2, 0.25) is 0 Å². The lowest BCUT2D eigenvalue weighted by molar-refractivity contribution is 0.0917. The van der Waals surface area contributed by atoms with Gasteiger partial charge in [0.25, 0.3) is 5.91 Å². The van der Waals surface area contributed by atoms with Crippen molar-refractivity contribution in [3.8, 4) is 0 Å². The number of nitrogens with one attached hydrogen (secondary N) is 1. The van der Waals surface area contributed by atoms with Gasteiger partial charge < -0.3 is 9.73 Å². The minimum Gasteiger partial charge on any atom is -0.455 e. The summed E-state index contributed by atoms with van der Waals surface area (Å²) in [6.07, 6.45) is 1.02. The van der Waals surface area contributed by atoms with Gasteiger partial charge in [0.1, 0.15) is 11.5 Å². The Hall–Kier alpha value is -2.90. The highest BCUT2D eigenvalue weighted by molar-refractivity contribution is 7.90. The van der Waals surface area contributed by atoms with Crippen molar-refractivity contribution in [1.82, 2.24) is 10.2 Å². The maximum atomic E-state index is 12.7. The van der Waals surface area contributed by atoms with E-state index in [1.807, 2.05) is 6.07 Å². The summed E-state index contributed by atoms with van der Waals surface area (Å²) < 4.78 is 31.0. The van der Waals surface area contributed by atoms with Crippen LogP contribution < -0.4 is 5.32 Å². The van der Waals surface area contributed by atoms with Crippen molar-refractivity contribution in [2.45, 2.75) is 37.0 Å². The van der Waals surface area contributed by atoms with Crippen LogP contribution in [0, 0.1) is 12.8 Å². The summed E-state index contributed by atoms with van der Waals surface area (Å²) in [5.74, 6) is 0.171. The Balaban J connectivity index is 1.30. The quantitative estimate of drug-likeness (QED) is 0.533. The van der Waals surface area contributed by atoms with Gasteiger partial charge >= 0.3 is 0 Å². The number of aryl methyl sites for hydroxylation is 1. The zero-order valence-electron chi connectivity index (χ0n) is 19.0. The van der Waals surface area contributed by atoms with E-state index in [1.54, 1.807) is 37.3 Å². The Kier molecular flexibility index (Phi) is 7.00. The third kappa shape index (κ3) is 5.54. The summed E-state index contributed by atoms with van der Waals surface area (Å²) in [6.45, 7) is 6.46. The summed E-state index contributed by atoms with van der Waals surface area (Å²) >= 11 is 0. The Morgan fingerprint density at radius 3 is 2.58 bits per heavy atom. The van der Waals surface area contributed by atoms with Gasteiger partial charge in [-0.1, -0.05) is 48.5 Å². The highest BCUT2D eigenvalue weighted by Gasteiger charge is 2.27. The van der Waals surface area contributed by atoms with Gasteiger partial charge in [-0.05, 0) is 62.1 Å². The Labute approximate surface area is 195 Å². The lowest BCUT2D eigenvalue weighted by atomic mass is 10.1. The molecule has 1 fully saturated rings. The molecule has 4 rings (SSSR count). The number of carbonyl (C=O) groups is 1. The molecule has 1 N–H and O–H groups in total. The topological polar surface area (TPSA) is 79.6 Å². The minimum atomic E-state index is -3.55. The van der Waals surface area contributed by atoms with Crippen LogP contribution in [-0.4, -0.2) is 38.9 Å². The summed E-state index contributed by atoms with van der Waals surface area (Å²) in [7, 11) is -3.55. The lowest BCUT2D eigenvalue weighted by Gasteiger charge is -2.24. The normalized spacial score (nSPS) is 17.7. The summed E-state index contributed by atoms with van der Waals surface area (Å²) in [6, 6.07) is 20.7. The van der Waals surface area contributed by atoms with Crippen molar-refractivity contribution in [2.24, 2.45) is 5.92 Å². The predicted octanol–water partition coefficient (Wildman–Crippen LogP) is 4.37. The van der Waals surface area contributed by atoms with Crippen molar-refractivity contribution in [2.75, 3.05) is 19.6 Å². The molecule has 2 aromatic carbocycles. The zero-order valence-corrected chi connectivity index (χ0v) is 19.8. The number of carbonyl (C=O) groups excluding carboxylic acids is 1. The smallest absolute Gasteiger partial charge is 0.287 e. The fraction of sp³-hybridized carbons (Fsp3) is 0.346. The van der Waals surface area contributed by atoms with Crippen LogP contribution in [-0.2, 0) is 15.6 Å². The van der Waals surface area contributed by atoms with Gasteiger partial charge in [0, 0.05) is 19.1 Å². The predicted molar refractivity (Wildman–Crippen MR) is 128 cm³/mol. The first kappa shape index (κ1) is 23.3. The van der Waals surface area contributed by atoms with Gasteiger partial charge in [-0.25, -0.2) is 8.42 Å². The number of amides is 1. The summed E-state index contributed by atoms with van der Waals surface area (Å²) in [5.41, 5.74) is 1.99. The number of rotatable bonds is 8. The molecule has 0 saturated carbocycles. The molecule has 0 unspecified atom stereocenters. The maximum Gasteiger partial charge on any atom is 0.287 e. The molecule has 3 aromatic rings. The largest absolute Gasteiger partial charge is 0.455 e. The molecule has 1 aliphatic heterocycles. The summed E-state index contributed by atoms with van der Waals surface area (Å²) in [5, 5.41) is 2.95. The Bertz CT molecular complexity index is 1200. The molecule has 33 heavy (non-hydrogen) atoms. The number of furan rings is 1. The molecule has 1 aliphatic rings. The van der Waals surface area contributed by atoms with Crippen molar-refractivity contribution in [3.05, 3.63) is 89.4 Å². The van der Waals surface area contributed by atoms with Crippen LogP contribution in [0.5, 0.6) is 0 Å². The molecular formula is C26H30N2O4S. The molecule has 0 bridgehead atoms. The van der Waals surface area contributed by atoms with Crippen LogP contribution in [0.4, 0.5) is 0 Å². The van der Waals surface area contributed by atoms with E-state index in [9.17, 15) is 13.2 Å². The van der Waals surface area contributed by atoms with Crippen molar-refractivity contribution in [3.63, 3.8) is 0 Å². The molecule has 174 valence electrons. The van der Waals surface area contributed by atoms with E-state index >= 15 is 0 Å². The molecule has 1 saturated heterocycles. The highest BCUT2D eigenvalue weighted by Crippen LogP contribution is 2.27. The van der Waals surface area contributed by atoms with Gasteiger partial charge in [0.05, 0.1) is 4.90 Å². The molecule has 2 heterocycles. The van der Waals surface area contributed by atoms with Crippen molar-refractivity contribution >= 4 is 15.7 Å². The van der Waals surface area contributed by atoms with Crippen LogP contribution in [0.15, 0.2) is 76.0 Å². The Morgan fingerprint density at radius 2 is 1.82 bits per heavy atom. The van der Waals surface area contributed by atoms with E-state index in [1.165, 1.54) is 11.6 Å². The zero-order chi connectivity index (χ0) is 23.4. The number of nitrogens with zero attached hydrogens (tertiary/aromatic N) is 1. The molecular weight excluding hydrogens is 436 g/mol. The first-order valence-electron chi connectivity index (χ1n) is 11.3. The van der Waals surface area contributed by atoms with E-state index in [4.69, 9.17) is 4.42 Å². The molecule has 1 aromatic heterocycles. The fourth-order valence-corrected chi connectivity index (χ4v) is 5.93. The number of hydrogen-bond acceptors (Lipinski definition) is 5. The van der Waals surface area contributed by atoms with Gasteiger partial charge in [0.15, 0.2) is 15.6 Å². The maximum absolute atomic E-state index is 12.7. The van der Waals surface area contributed by atoms with E-state index < -0.39 is 9.84 Å². The van der Waals surface area contributed by atoms with E-state index in [0.29, 0.717) is 24.1 Å². The van der Waals surface area contributed by atoms with Crippen molar-refractivity contribution in [1.29, 1.82) is 0 Å². The van der Waals surface area contributed by atoms with Gasteiger partial charge in [-0.2, -0.15) is 0 Å². The first-order chi connectivity index (χ1) is 15.8. The second-order valence-electron chi connectivity index (χ2n) is 8.74. The molecule has 0 radical (unpaired) electrons. The van der Waals surface area contributed by atoms with Gasteiger partial charge in [-0.15, -0.1) is 0 Å². The van der Waals surface area contributed by atoms with Gasteiger partial charge in [0.2, 0.25) is 0 Å². The summed E-state index contributed by atoms with van der Waals surface area (Å²) in [4.78, 5) is 15.3. The van der Waals surface area contributed by atoms with Crippen LogP contribution in [0.1, 0.15) is 46.8 Å². The fourth-order valence-electron chi connectivity index (χ4n) is 4.40. The van der Waals surface area contributed by atoms with Crippen LogP contribution in [0.3, 0.4) is 0 Å². The highest BCUT2D eigenvalue weighted by atomic mass is 32.2. The molecule has 6 nitrogen and oxygen atoms in total. The molecule has 0 aliphatic carbocycles. The molecule has 7 heteroatoms. The van der Waals surface area contributed by atoms with E-state index in [-0.39, 0.29) is 28.1 Å². The third-order valence-electron chi connectivity index (χ3n) is 6.34. The Morgan fingerprint density at radius 1 is 1.09 bits per heavy atom. The molecule has 2 atom stereocenters. The average molecular weight is 467 g/mol. The number of likely N-dealkylation sites (tertiary alicyclic amines) is 1. The first-order valence-corrected chi connectivity index (χ1v) is 12.9. The number of benzene rings is 2. The second-order valence-corrected chi connectivity index (χ2v) is 10.7. The van der Waals surface area contributed by atoms with Crippen LogP contribution in [0.25, 0.3) is 0 Å². The number of hydrogen-bond donors (Lipinski definition) is 1. The minimum absolute atomic E-state index is 0.137. The second kappa shape index (κ2) is 9.93. The van der Waals surface area contributed by atoms with Crippen LogP contribution >= 0.6 is 0 Å². The average Bonchev–Trinajstić information content (AvgIpc) is 3.47. The monoisotopic (exact) mass is 466 g/mol. The van der Waals surface area contributed by atoms with E-state index in [2.05, 4.69) is 41.4 Å². The lowest BCUT2D eigenvalue weighted by Crippen LogP contribution is -2.31. The molecule has 0 spiro atoms. The molecule has 1 amide bonds. The number of sulfone groups is 1. The third-order valence-corrected chi connectivity index (χ3v) is 8.14. The van der Waals surface area contributed by atoms with E-state index in [0.717, 1.165) is 19.5 Å². The SMILES string of the molecule is Cc1ccccc1S(=O)(=O)Cc1ccc(C(=O)NC[C@H]2CCN([C@H](C)c3ccccc3)C2)o1. The van der Waals surface area contributed by atoms with Crippen molar-refractivity contribution < 1.29 is 17.6 Å². The standard InChI is InChI=1S/C26H30N2O4S/c1-19-8-6-7-11-25(19)33(30,31)18-23-12-13-24(32-23)26(29)27-16-21-14-15-28(17-21)20(2)22-9-4-3-5-10-22/h3-13,20-21H,14-18H2,1-2H3,(H,27,29)/t20-,21-/m1/s1. The van der Waals surface area contributed by atoms with Gasteiger partial charge in [-0.3, -0.25) is 9.69 Å².